The molecule has 0 radical (unpaired) electrons. The van der Waals surface area contributed by atoms with E-state index in [1.807, 2.05) is 28.2 Å². The highest BCUT2D eigenvalue weighted by molar-refractivity contribution is 5.68. The molecular formula is C46H90N14O4+2. The average Bonchev–Trinajstić information content (AvgIpc) is 3.23. The number of carboxylic acids is 2. The molecule has 0 saturated carbocycles. The first kappa shape index (κ1) is 55.8. The average molecular weight is 903 g/mol. The molecule has 366 valence electrons. The van der Waals surface area contributed by atoms with Gasteiger partial charge in [-0.3, -0.25) is 0 Å². The van der Waals surface area contributed by atoms with Crippen LogP contribution in [0.2, 0.25) is 0 Å². The quantitative estimate of drug-likeness (QED) is 0.0232. The van der Waals surface area contributed by atoms with Crippen LogP contribution in [0.3, 0.4) is 0 Å². The van der Waals surface area contributed by atoms with Gasteiger partial charge in [0.05, 0.1) is 41.3 Å². The molecule has 0 spiro atoms. The summed E-state index contributed by atoms with van der Waals surface area (Å²) in [4.78, 5) is 50.5. The minimum Gasteiger partial charge on any atom is -0.477 e. The van der Waals surface area contributed by atoms with E-state index in [9.17, 15) is 19.8 Å². The Labute approximate surface area is 386 Å². The third-order valence-electron chi connectivity index (χ3n) is 11.2. The lowest BCUT2D eigenvalue weighted by atomic mass is 10.1. The number of aliphatic carboxylic acids is 2. The molecule has 2 aromatic rings. The summed E-state index contributed by atoms with van der Waals surface area (Å²) < 4.78 is 0.781. The van der Waals surface area contributed by atoms with Gasteiger partial charge in [-0.15, -0.1) is 0 Å². The summed E-state index contributed by atoms with van der Waals surface area (Å²) in [6, 6.07) is 0. The van der Waals surface area contributed by atoms with Gasteiger partial charge in [0.15, 0.2) is 13.1 Å². The second kappa shape index (κ2) is 34.1. The van der Waals surface area contributed by atoms with Crippen LogP contribution in [-0.4, -0.2) is 155 Å². The number of carboxylic acid groups (broad SMARTS) is 2. The fourth-order valence-corrected chi connectivity index (χ4v) is 7.51. The standard InChI is InChI=1S/C46H88N14O4/c1-7-9-11-13-15-17-19-21-23-25-29-47-41-53-43(49-31-27-35-59(3,4)37-39(61)62)57-45(55-41)51-33-34-52-46-56-42(48-30-26-24-22-20-18-16-14-12-10-8-2)54-44(58-46)50-32-28-36-60(5,6)38-40(63)64/h7-38H2,1-6H3,(H6-2,47,48,49,50,51,52,53,54,55,56,57,58,61,62,63,64)/p+2. The molecule has 0 aliphatic rings. The largest absolute Gasteiger partial charge is 0.477 e. The molecule has 0 atom stereocenters. The zero-order chi connectivity index (χ0) is 46.7. The number of nitrogens with zero attached hydrogens (tertiary/aromatic N) is 8. The number of anilines is 6. The van der Waals surface area contributed by atoms with Crippen molar-refractivity contribution < 1.29 is 28.8 Å². The van der Waals surface area contributed by atoms with E-state index in [0.717, 1.165) is 51.6 Å². The van der Waals surface area contributed by atoms with Gasteiger partial charge in [-0.2, -0.15) is 29.9 Å². The summed E-state index contributed by atoms with van der Waals surface area (Å²) in [7, 11) is 7.67. The molecule has 0 aliphatic carbocycles. The Kier molecular flexibility index (Phi) is 29.7. The second-order valence-corrected chi connectivity index (χ2v) is 18.7. The number of nitrogens with one attached hydrogen (secondary N) is 6. The van der Waals surface area contributed by atoms with Crippen LogP contribution in [0.25, 0.3) is 0 Å². The maximum absolute atomic E-state index is 11.3. The lowest BCUT2D eigenvalue weighted by Crippen LogP contribution is -2.45. The van der Waals surface area contributed by atoms with Crippen LogP contribution >= 0.6 is 0 Å². The Balaban J connectivity index is 2.00. The van der Waals surface area contributed by atoms with Crippen LogP contribution in [0.4, 0.5) is 35.7 Å². The molecule has 2 rings (SSSR count). The summed E-state index contributed by atoms with van der Waals surface area (Å²) in [5.74, 6) is 1.17. The molecule has 64 heavy (non-hydrogen) atoms. The monoisotopic (exact) mass is 903 g/mol. The van der Waals surface area contributed by atoms with Crippen molar-refractivity contribution in [1.29, 1.82) is 0 Å². The maximum atomic E-state index is 11.3. The summed E-state index contributed by atoms with van der Waals surface area (Å²) in [6.07, 6.45) is 26.9. The van der Waals surface area contributed by atoms with Crippen LogP contribution in [0.15, 0.2) is 0 Å². The molecule has 8 N–H and O–H groups in total. The minimum atomic E-state index is -0.812. The van der Waals surface area contributed by atoms with Gasteiger partial charge in [0.1, 0.15) is 0 Å². The van der Waals surface area contributed by atoms with Crippen LogP contribution < -0.4 is 31.9 Å². The number of hydrogen-bond acceptors (Lipinski definition) is 14. The fourth-order valence-electron chi connectivity index (χ4n) is 7.51. The normalized spacial score (nSPS) is 11.7. The van der Waals surface area contributed by atoms with E-state index >= 15 is 0 Å². The van der Waals surface area contributed by atoms with Crippen LogP contribution in [0, 0.1) is 0 Å². The van der Waals surface area contributed by atoms with E-state index in [2.05, 4.69) is 75.7 Å². The highest BCUT2D eigenvalue weighted by Crippen LogP contribution is 2.15. The number of unbranched alkanes of at least 4 members (excludes halogenated alkanes) is 18. The predicted molar refractivity (Wildman–Crippen MR) is 262 cm³/mol. The van der Waals surface area contributed by atoms with Crippen molar-refractivity contribution in [3.63, 3.8) is 0 Å². The minimum absolute atomic E-state index is 0.0641. The SMILES string of the molecule is CCCCCCCCCCCCNc1nc(NCCC[N+](C)(C)CC(=O)O)nc(NCCNc2nc(NCCCCCCCCCCCC)nc(NCCC[N+](C)(C)CC(=O)O)n2)n1. The molecule has 0 unspecified atom stereocenters. The first-order valence-electron chi connectivity index (χ1n) is 24.8. The van der Waals surface area contributed by atoms with Gasteiger partial charge in [0.25, 0.3) is 0 Å². The third-order valence-corrected chi connectivity index (χ3v) is 11.2. The van der Waals surface area contributed by atoms with Crippen LogP contribution in [0.5, 0.6) is 0 Å². The first-order valence-corrected chi connectivity index (χ1v) is 24.8. The Hall–Kier alpha value is -4.32. The fraction of sp³-hybridized carbons (Fsp3) is 0.826. The van der Waals surface area contributed by atoms with E-state index in [1.165, 1.54) is 103 Å². The number of carbonyl (C=O) groups is 2. The van der Waals surface area contributed by atoms with Gasteiger partial charge in [0.2, 0.25) is 35.7 Å². The molecule has 0 bridgehead atoms. The molecule has 0 aromatic carbocycles. The Morgan fingerprint density at radius 1 is 0.359 bits per heavy atom. The topological polar surface area (TPSA) is 224 Å². The van der Waals surface area contributed by atoms with E-state index in [4.69, 9.17) is 0 Å². The predicted octanol–water partition coefficient (Wildman–Crippen LogP) is 8.17. The van der Waals surface area contributed by atoms with E-state index < -0.39 is 11.9 Å². The van der Waals surface area contributed by atoms with Crippen molar-refractivity contribution >= 4 is 47.6 Å². The molecular weight excluding hydrogens is 813 g/mol. The van der Waals surface area contributed by atoms with Crippen molar-refractivity contribution in [1.82, 2.24) is 29.9 Å². The Bertz CT molecular complexity index is 1420. The molecule has 18 nitrogen and oxygen atoms in total. The summed E-state index contributed by atoms with van der Waals surface area (Å²) in [6.45, 7) is 9.72. The summed E-state index contributed by atoms with van der Waals surface area (Å²) >= 11 is 0. The molecule has 18 heteroatoms. The molecule has 0 fully saturated rings. The van der Waals surface area contributed by atoms with E-state index in [0.29, 0.717) is 83.9 Å². The zero-order valence-corrected chi connectivity index (χ0v) is 40.9. The number of rotatable bonds is 43. The van der Waals surface area contributed by atoms with Gasteiger partial charge in [0, 0.05) is 52.1 Å². The van der Waals surface area contributed by atoms with Crippen molar-refractivity contribution in [3.05, 3.63) is 0 Å². The van der Waals surface area contributed by atoms with E-state index in [-0.39, 0.29) is 13.1 Å². The first-order chi connectivity index (χ1) is 30.8. The molecule has 0 saturated heterocycles. The summed E-state index contributed by atoms with van der Waals surface area (Å²) in [5.41, 5.74) is 0. The van der Waals surface area contributed by atoms with Gasteiger partial charge in [-0.25, -0.2) is 9.59 Å². The van der Waals surface area contributed by atoms with Gasteiger partial charge < -0.3 is 51.1 Å². The summed E-state index contributed by atoms with van der Waals surface area (Å²) in [5, 5.41) is 38.6. The van der Waals surface area contributed by atoms with Gasteiger partial charge in [-0.1, -0.05) is 129 Å². The van der Waals surface area contributed by atoms with Crippen molar-refractivity contribution in [3.8, 4) is 0 Å². The zero-order valence-electron chi connectivity index (χ0n) is 40.9. The number of aromatic nitrogens is 6. The molecule has 2 aromatic heterocycles. The van der Waals surface area contributed by atoms with E-state index in [1.54, 1.807) is 0 Å². The van der Waals surface area contributed by atoms with Gasteiger partial charge >= 0.3 is 11.9 Å². The van der Waals surface area contributed by atoms with Crippen molar-refractivity contribution in [2.24, 2.45) is 0 Å². The lowest BCUT2D eigenvalue weighted by molar-refractivity contribution is -0.883. The Morgan fingerprint density at radius 2 is 0.578 bits per heavy atom. The van der Waals surface area contributed by atoms with Crippen LogP contribution in [0.1, 0.15) is 155 Å². The van der Waals surface area contributed by atoms with Gasteiger partial charge in [-0.05, 0) is 12.8 Å². The van der Waals surface area contributed by atoms with Crippen molar-refractivity contribution in [2.45, 2.75) is 155 Å². The second-order valence-electron chi connectivity index (χ2n) is 18.7. The molecule has 0 amide bonds. The number of likely N-dealkylation sites (N-methyl/N-ethyl adjacent to an activating group) is 2. The number of hydrogen-bond donors (Lipinski definition) is 8. The smallest absolute Gasteiger partial charge is 0.359 e. The third kappa shape index (κ3) is 29.9. The highest BCUT2D eigenvalue weighted by atomic mass is 16.4. The lowest BCUT2D eigenvalue weighted by Gasteiger charge is -2.27. The highest BCUT2D eigenvalue weighted by Gasteiger charge is 2.20. The maximum Gasteiger partial charge on any atom is 0.359 e. The van der Waals surface area contributed by atoms with Crippen LogP contribution in [-0.2, 0) is 9.59 Å². The van der Waals surface area contributed by atoms with Crippen molar-refractivity contribution in [2.75, 3.05) is 126 Å². The molecule has 0 aliphatic heterocycles. The Morgan fingerprint density at radius 3 is 0.828 bits per heavy atom. The molecule has 2 heterocycles. The number of quaternary nitrogens is 2.